The van der Waals surface area contributed by atoms with E-state index in [1.165, 1.54) is 133 Å². The summed E-state index contributed by atoms with van der Waals surface area (Å²) >= 11 is 0. The Labute approximate surface area is 420 Å². The molecular weight excluding hydrogens is 859 g/mol. The minimum atomic E-state index is 1.09. The number of hydrogen-bond donors (Lipinski definition) is 0. The highest BCUT2D eigenvalue weighted by Gasteiger charge is 2.26. The van der Waals surface area contributed by atoms with Crippen LogP contribution in [0, 0.1) is 83.1 Å². The average Bonchev–Trinajstić information content (AvgIpc) is 3.32. The van der Waals surface area contributed by atoms with Crippen LogP contribution in [0.1, 0.15) is 66.8 Å². The molecular formula is C68H63N3. The first-order valence-corrected chi connectivity index (χ1v) is 25.2. The third-order valence-corrected chi connectivity index (χ3v) is 14.9. The van der Waals surface area contributed by atoms with E-state index in [0.29, 0.717) is 0 Å². The molecule has 3 heteroatoms. The lowest BCUT2D eigenvalue weighted by Gasteiger charge is -2.33. The number of hydrogen-bond acceptors (Lipinski definition) is 3. The van der Waals surface area contributed by atoms with Gasteiger partial charge in [0.15, 0.2) is 0 Å². The van der Waals surface area contributed by atoms with Crippen molar-refractivity contribution in [1.82, 2.24) is 0 Å². The van der Waals surface area contributed by atoms with Gasteiger partial charge in [-0.3, -0.25) is 0 Å². The van der Waals surface area contributed by atoms with E-state index in [9.17, 15) is 0 Å². The molecule has 0 aliphatic rings. The van der Waals surface area contributed by atoms with Gasteiger partial charge in [-0.1, -0.05) is 131 Å². The molecule has 11 rings (SSSR count). The van der Waals surface area contributed by atoms with Crippen molar-refractivity contribution in [3.05, 3.63) is 231 Å². The van der Waals surface area contributed by atoms with Crippen molar-refractivity contribution >= 4 is 94.3 Å². The summed E-state index contributed by atoms with van der Waals surface area (Å²) in [6.07, 6.45) is 0. The minimum Gasteiger partial charge on any atom is -0.310 e. The first-order chi connectivity index (χ1) is 34.2. The first-order valence-electron chi connectivity index (χ1n) is 25.2. The van der Waals surface area contributed by atoms with Crippen molar-refractivity contribution in [2.24, 2.45) is 0 Å². The molecule has 11 aromatic rings. The second kappa shape index (κ2) is 17.5. The fraction of sp³-hybridized carbons (Fsp3) is 0.176. The van der Waals surface area contributed by atoms with Gasteiger partial charge < -0.3 is 14.7 Å². The maximum absolute atomic E-state index is 2.50. The van der Waals surface area contributed by atoms with Crippen LogP contribution in [0.3, 0.4) is 0 Å². The summed E-state index contributed by atoms with van der Waals surface area (Å²) in [5, 5.41) is 10.3. The molecule has 3 nitrogen and oxygen atoms in total. The van der Waals surface area contributed by atoms with E-state index in [2.05, 4.69) is 262 Å². The van der Waals surface area contributed by atoms with Crippen molar-refractivity contribution < 1.29 is 0 Å². The van der Waals surface area contributed by atoms with Gasteiger partial charge in [0.05, 0.1) is 28.4 Å². The molecule has 0 amide bonds. The van der Waals surface area contributed by atoms with Crippen LogP contribution in [-0.2, 0) is 0 Å². The molecule has 0 fully saturated rings. The lowest BCUT2D eigenvalue weighted by Crippen LogP contribution is -2.17. The highest BCUT2D eigenvalue weighted by molar-refractivity contribution is 6.34. The zero-order valence-electron chi connectivity index (χ0n) is 43.4. The molecule has 350 valence electrons. The van der Waals surface area contributed by atoms with Crippen LogP contribution in [0.15, 0.2) is 164 Å². The molecule has 0 N–H and O–H groups in total. The van der Waals surface area contributed by atoms with Gasteiger partial charge in [-0.2, -0.15) is 0 Å². The molecule has 0 bridgehead atoms. The fourth-order valence-corrected chi connectivity index (χ4v) is 12.6. The Hall–Kier alpha value is -7.88. The van der Waals surface area contributed by atoms with Gasteiger partial charge in [0, 0.05) is 28.1 Å². The summed E-state index contributed by atoms with van der Waals surface area (Å²) in [5.74, 6) is 0. The van der Waals surface area contributed by atoms with Crippen molar-refractivity contribution in [3.63, 3.8) is 0 Å². The second-order valence-corrected chi connectivity index (χ2v) is 20.6. The molecule has 0 heterocycles. The average molecular weight is 922 g/mol. The van der Waals surface area contributed by atoms with Crippen LogP contribution in [0.4, 0.5) is 51.2 Å². The van der Waals surface area contributed by atoms with Crippen LogP contribution in [-0.4, -0.2) is 0 Å². The van der Waals surface area contributed by atoms with E-state index in [1.807, 2.05) is 0 Å². The van der Waals surface area contributed by atoms with E-state index in [4.69, 9.17) is 0 Å². The van der Waals surface area contributed by atoms with Gasteiger partial charge in [-0.15, -0.1) is 0 Å². The summed E-state index contributed by atoms with van der Waals surface area (Å²) in [6, 6.07) is 62.2. The zero-order valence-corrected chi connectivity index (χ0v) is 43.4. The van der Waals surface area contributed by atoms with E-state index in [0.717, 1.165) is 28.4 Å². The molecule has 0 unspecified atom stereocenters. The predicted octanol–water partition coefficient (Wildman–Crippen LogP) is 19.8. The van der Waals surface area contributed by atoms with E-state index in [1.54, 1.807) is 0 Å². The monoisotopic (exact) mass is 922 g/mol. The van der Waals surface area contributed by atoms with Crippen LogP contribution in [0.5, 0.6) is 0 Å². The molecule has 0 aromatic heterocycles. The Morgan fingerprint density at radius 1 is 0.239 bits per heavy atom. The second-order valence-electron chi connectivity index (χ2n) is 20.6. The van der Waals surface area contributed by atoms with Crippen LogP contribution < -0.4 is 14.7 Å². The predicted molar refractivity (Wildman–Crippen MR) is 309 cm³/mol. The van der Waals surface area contributed by atoms with E-state index >= 15 is 0 Å². The van der Waals surface area contributed by atoms with Crippen molar-refractivity contribution in [2.45, 2.75) is 83.1 Å². The summed E-state index contributed by atoms with van der Waals surface area (Å²) < 4.78 is 0. The topological polar surface area (TPSA) is 9.72 Å². The smallest absolute Gasteiger partial charge is 0.0540 e. The van der Waals surface area contributed by atoms with Gasteiger partial charge in [-0.25, -0.2) is 0 Å². The van der Waals surface area contributed by atoms with Gasteiger partial charge in [0.25, 0.3) is 0 Å². The summed E-state index contributed by atoms with van der Waals surface area (Å²) in [5.41, 5.74) is 25.6. The quantitative estimate of drug-likeness (QED) is 0.105. The number of fused-ring (bicyclic) bond motifs is 2. The third-order valence-electron chi connectivity index (χ3n) is 14.9. The van der Waals surface area contributed by atoms with Gasteiger partial charge >= 0.3 is 0 Å². The van der Waals surface area contributed by atoms with Crippen LogP contribution in [0.2, 0.25) is 0 Å². The largest absolute Gasteiger partial charge is 0.310 e. The molecule has 11 aromatic carbocycles. The Morgan fingerprint density at radius 3 is 0.845 bits per heavy atom. The highest BCUT2D eigenvalue weighted by atomic mass is 15.2. The molecule has 0 saturated heterocycles. The van der Waals surface area contributed by atoms with Crippen molar-refractivity contribution in [1.29, 1.82) is 0 Å². The van der Waals surface area contributed by atoms with Crippen molar-refractivity contribution in [3.8, 4) is 0 Å². The molecule has 0 spiro atoms. The number of aryl methyl sites for hydroxylation is 12. The SMILES string of the molecule is Cc1cc(C)c(N(c2ccc(N(c3ccc(N(c4c(C)cc(C)cc4C)c4c(C)cc(C)cc4C)cc3)c3ccc4c5cccc6cccc(c7cccc3c74)c65)cc2)c2c(C)cc(C)cc2C)c(C)c1. The van der Waals surface area contributed by atoms with Crippen LogP contribution >= 0.6 is 0 Å². The number of anilines is 9. The Bertz CT molecular complexity index is 3470. The lowest BCUT2D eigenvalue weighted by molar-refractivity contribution is 1.16. The maximum Gasteiger partial charge on any atom is 0.0540 e. The number of nitrogens with zero attached hydrogens (tertiary/aromatic N) is 3. The summed E-state index contributed by atoms with van der Waals surface area (Å²) in [6.45, 7) is 26.8. The Morgan fingerprint density at radius 2 is 0.507 bits per heavy atom. The first kappa shape index (κ1) is 45.6. The van der Waals surface area contributed by atoms with Crippen LogP contribution in [0.25, 0.3) is 43.1 Å². The van der Waals surface area contributed by atoms with Crippen molar-refractivity contribution in [2.75, 3.05) is 14.7 Å². The van der Waals surface area contributed by atoms with Gasteiger partial charge in [-0.05, 0) is 220 Å². The lowest BCUT2D eigenvalue weighted by atomic mass is 9.89. The summed E-state index contributed by atoms with van der Waals surface area (Å²) in [4.78, 5) is 7.47. The maximum atomic E-state index is 2.50. The molecule has 0 aliphatic carbocycles. The van der Waals surface area contributed by atoms with E-state index < -0.39 is 0 Å². The molecule has 0 radical (unpaired) electrons. The summed E-state index contributed by atoms with van der Waals surface area (Å²) in [7, 11) is 0. The van der Waals surface area contributed by atoms with E-state index in [-0.39, 0.29) is 0 Å². The molecule has 71 heavy (non-hydrogen) atoms. The highest BCUT2D eigenvalue weighted by Crippen LogP contribution is 2.49. The van der Waals surface area contributed by atoms with Gasteiger partial charge in [0.1, 0.15) is 0 Å². The molecule has 0 atom stereocenters. The minimum absolute atomic E-state index is 1.09. The fourth-order valence-electron chi connectivity index (χ4n) is 12.6. The molecule has 0 saturated carbocycles. The third kappa shape index (κ3) is 7.67. The molecule has 0 aliphatic heterocycles. The Kier molecular flexibility index (Phi) is 11.2. The number of benzene rings is 11. The number of rotatable bonds is 9. The normalized spacial score (nSPS) is 11.7. The zero-order chi connectivity index (χ0) is 49.6. The standard InChI is InChI=1S/C68H63N3/c1-40-32-44(5)65(45(6)33-40)70(66-46(7)34-41(2)35-47(66)8)55-26-22-53(23-27-55)69(62-31-30-60-58-19-14-17-52-16-13-18-57(63(52)58)59-20-15-21-61(62)64(59)60)54-24-28-56(29-25-54)71(67-48(9)36-42(3)37-49(67)10)68-50(11)38-43(4)39-51(68)12/h13-39H,1-12H3. The van der Waals surface area contributed by atoms with Gasteiger partial charge in [0.2, 0.25) is 0 Å². The Balaban J connectivity index is 1.13.